The van der Waals surface area contributed by atoms with Crippen LogP contribution in [-0.2, 0) is 6.54 Å². The molecule has 1 saturated carbocycles. The number of rotatable bonds is 5. The minimum absolute atomic E-state index is 0.716. The average Bonchev–Trinajstić information content (AvgIpc) is 2.39. The molecular formula is C17H28N2. The molecule has 0 amide bonds. The molecule has 1 aromatic rings. The van der Waals surface area contributed by atoms with Gasteiger partial charge in [0.2, 0.25) is 0 Å². The molecule has 2 nitrogen and oxygen atoms in total. The van der Waals surface area contributed by atoms with Crippen molar-refractivity contribution in [3.05, 3.63) is 35.4 Å². The fraction of sp³-hybridized carbons (Fsp3) is 0.647. The summed E-state index contributed by atoms with van der Waals surface area (Å²) < 4.78 is 0. The molecule has 2 unspecified atom stereocenters. The molecule has 0 heterocycles. The molecule has 1 aliphatic carbocycles. The molecule has 1 aliphatic rings. The van der Waals surface area contributed by atoms with Crippen molar-refractivity contribution in [1.82, 2.24) is 10.2 Å². The molecular weight excluding hydrogens is 232 g/mol. The van der Waals surface area contributed by atoms with Gasteiger partial charge in [-0.2, -0.15) is 0 Å². The van der Waals surface area contributed by atoms with E-state index in [1.54, 1.807) is 0 Å². The Morgan fingerprint density at radius 3 is 2.79 bits per heavy atom. The molecule has 19 heavy (non-hydrogen) atoms. The number of nitrogens with one attached hydrogen (secondary N) is 1. The minimum atomic E-state index is 0.716. The van der Waals surface area contributed by atoms with Crippen LogP contribution in [0.3, 0.4) is 0 Å². The minimum Gasteiger partial charge on any atom is -0.317 e. The van der Waals surface area contributed by atoms with Crippen molar-refractivity contribution >= 4 is 0 Å². The number of hydrogen-bond acceptors (Lipinski definition) is 2. The van der Waals surface area contributed by atoms with Crippen LogP contribution < -0.4 is 5.32 Å². The summed E-state index contributed by atoms with van der Waals surface area (Å²) in [5.41, 5.74) is 2.79. The van der Waals surface area contributed by atoms with Crippen LogP contribution in [0.4, 0.5) is 0 Å². The van der Waals surface area contributed by atoms with Crippen molar-refractivity contribution in [3.8, 4) is 0 Å². The highest BCUT2D eigenvalue weighted by molar-refractivity contribution is 5.22. The molecule has 1 N–H and O–H groups in total. The zero-order valence-corrected chi connectivity index (χ0v) is 12.7. The highest BCUT2D eigenvalue weighted by Crippen LogP contribution is 2.25. The molecule has 1 fully saturated rings. The number of aryl methyl sites for hydroxylation is 1. The fourth-order valence-corrected chi connectivity index (χ4v) is 3.39. The molecule has 2 heteroatoms. The summed E-state index contributed by atoms with van der Waals surface area (Å²) in [6, 6.07) is 9.58. The van der Waals surface area contributed by atoms with Gasteiger partial charge in [-0.25, -0.2) is 0 Å². The summed E-state index contributed by atoms with van der Waals surface area (Å²) in [5.74, 6) is 0.813. The quantitative estimate of drug-likeness (QED) is 0.874. The molecule has 0 aromatic heterocycles. The average molecular weight is 260 g/mol. The van der Waals surface area contributed by atoms with Gasteiger partial charge in [0.15, 0.2) is 0 Å². The van der Waals surface area contributed by atoms with Crippen molar-refractivity contribution in [3.63, 3.8) is 0 Å². The number of hydrogen-bond donors (Lipinski definition) is 1. The van der Waals surface area contributed by atoms with Gasteiger partial charge in [0.1, 0.15) is 0 Å². The first kappa shape index (κ1) is 14.5. The summed E-state index contributed by atoms with van der Waals surface area (Å²) in [4.78, 5) is 2.48. The molecule has 0 aliphatic heterocycles. The van der Waals surface area contributed by atoms with Crippen molar-refractivity contribution in [2.45, 2.75) is 45.2 Å². The Hall–Kier alpha value is -0.860. The lowest BCUT2D eigenvalue weighted by Crippen LogP contribution is -2.41. The summed E-state index contributed by atoms with van der Waals surface area (Å²) >= 11 is 0. The molecule has 0 bridgehead atoms. The van der Waals surface area contributed by atoms with Crippen LogP contribution in [0.5, 0.6) is 0 Å². The van der Waals surface area contributed by atoms with E-state index in [2.05, 4.69) is 55.5 Å². The van der Waals surface area contributed by atoms with E-state index in [9.17, 15) is 0 Å². The molecule has 0 spiro atoms. The van der Waals surface area contributed by atoms with Gasteiger partial charge in [0.05, 0.1) is 0 Å². The Morgan fingerprint density at radius 2 is 2.05 bits per heavy atom. The molecule has 2 rings (SSSR count). The highest BCUT2D eigenvalue weighted by Gasteiger charge is 2.24. The first-order valence-electron chi connectivity index (χ1n) is 7.60. The van der Waals surface area contributed by atoms with Crippen LogP contribution in [0.2, 0.25) is 0 Å². The van der Waals surface area contributed by atoms with Crippen LogP contribution >= 0.6 is 0 Å². The summed E-state index contributed by atoms with van der Waals surface area (Å²) in [6.45, 7) is 4.44. The van der Waals surface area contributed by atoms with Gasteiger partial charge >= 0.3 is 0 Å². The van der Waals surface area contributed by atoms with E-state index in [1.807, 2.05) is 0 Å². The smallest absolute Gasteiger partial charge is 0.0230 e. The second kappa shape index (κ2) is 7.06. The van der Waals surface area contributed by atoms with Crippen LogP contribution in [0.15, 0.2) is 24.3 Å². The SMILES string of the molecule is CNC1CCCCC1CN(C)Cc1cccc(C)c1. The Morgan fingerprint density at radius 1 is 1.26 bits per heavy atom. The topological polar surface area (TPSA) is 15.3 Å². The maximum Gasteiger partial charge on any atom is 0.0230 e. The van der Waals surface area contributed by atoms with E-state index in [0.717, 1.165) is 12.5 Å². The van der Waals surface area contributed by atoms with Crippen LogP contribution in [0.25, 0.3) is 0 Å². The largest absolute Gasteiger partial charge is 0.317 e. The third-order valence-electron chi connectivity index (χ3n) is 4.36. The normalized spacial score (nSPS) is 23.8. The van der Waals surface area contributed by atoms with Gasteiger partial charge < -0.3 is 10.2 Å². The maximum atomic E-state index is 3.51. The first-order chi connectivity index (χ1) is 9.19. The molecule has 2 atom stereocenters. The van der Waals surface area contributed by atoms with Crippen molar-refractivity contribution < 1.29 is 0 Å². The Balaban J connectivity index is 1.87. The van der Waals surface area contributed by atoms with Crippen molar-refractivity contribution in [2.75, 3.05) is 20.6 Å². The van der Waals surface area contributed by atoms with Gasteiger partial charge in [-0.15, -0.1) is 0 Å². The van der Waals surface area contributed by atoms with E-state index in [-0.39, 0.29) is 0 Å². The summed E-state index contributed by atoms with van der Waals surface area (Å²) in [5, 5.41) is 3.51. The summed E-state index contributed by atoms with van der Waals surface area (Å²) in [7, 11) is 4.37. The Kier molecular flexibility index (Phi) is 5.41. The zero-order valence-electron chi connectivity index (χ0n) is 12.7. The van der Waals surface area contributed by atoms with Crippen molar-refractivity contribution in [2.24, 2.45) is 5.92 Å². The third-order valence-corrected chi connectivity index (χ3v) is 4.36. The summed E-state index contributed by atoms with van der Waals surface area (Å²) in [6.07, 6.45) is 5.52. The van der Waals surface area contributed by atoms with Crippen LogP contribution in [0.1, 0.15) is 36.8 Å². The fourth-order valence-electron chi connectivity index (χ4n) is 3.39. The second-order valence-corrected chi connectivity index (χ2v) is 6.13. The number of benzene rings is 1. The molecule has 106 valence electrons. The zero-order chi connectivity index (χ0) is 13.7. The number of nitrogens with zero attached hydrogens (tertiary/aromatic N) is 1. The monoisotopic (exact) mass is 260 g/mol. The van der Waals surface area contributed by atoms with Crippen LogP contribution in [-0.4, -0.2) is 31.6 Å². The second-order valence-electron chi connectivity index (χ2n) is 6.13. The van der Waals surface area contributed by atoms with Gasteiger partial charge in [-0.3, -0.25) is 0 Å². The van der Waals surface area contributed by atoms with Gasteiger partial charge in [0.25, 0.3) is 0 Å². The van der Waals surface area contributed by atoms with Gasteiger partial charge in [-0.05, 0) is 45.3 Å². The van der Waals surface area contributed by atoms with E-state index >= 15 is 0 Å². The molecule has 0 saturated heterocycles. The molecule has 0 radical (unpaired) electrons. The molecule has 1 aromatic carbocycles. The van der Waals surface area contributed by atoms with Crippen LogP contribution in [0, 0.1) is 12.8 Å². The first-order valence-corrected chi connectivity index (χ1v) is 7.60. The van der Waals surface area contributed by atoms with E-state index < -0.39 is 0 Å². The Bertz CT molecular complexity index is 389. The lowest BCUT2D eigenvalue weighted by Gasteiger charge is -2.34. The third kappa shape index (κ3) is 4.32. The Labute approximate surface area is 118 Å². The lowest BCUT2D eigenvalue weighted by atomic mass is 9.84. The standard InChI is InChI=1S/C17H28N2/c1-14-7-6-8-15(11-14)12-19(3)13-16-9-4-5-10-17(16)18-2/h6-8,11,16-18H,4-5,9-10,12-13H2,1-3H3. The van der Waals surface area contributed by atoms with Gasteiger partial charge in [-0.1, -0.05) is 42.7 Å². The predicted molar refractivity (Wildman–Crippen MR) is 82.3 cm³/mol. The lowest BCUT2D eigenvalue weighted by molar-refractivity contribution is 0.190. The predicted octanol–water partition coefficient (Wildman–Crippen LogP) is 3.21. The van der Waals surface area contributed by atoms with E-state index in [4.69, 9.17) is 0 Å². The van der Waals surface area contributed by atoms with Gasteiger partial charge in [0, 0.05) is 19.1 Å². The van der Waals surface area contributed by atoms with E-state index in [0.29, 0.717) is 6.04 Å². The maximum absolute atomic E-state index is 3.51. The highest BCUT2D eigenvalue weighted by atomic mass is 15.1. The van der Waals surface area contributed by atoms with Crippen molar-refractivity contribution in [1.29, 1.82) is 0 Å². The van der Waals surface area contributed by atoms with E-state index in [1.165, 1.54) is 43.4 Å².